The molecule has 1 aromatic rings. The molecule has 2 aliphatic carbocycles. The molecule has 2 fully saturated rings. The number of hydrogen-bond acceptors (Lipinski definition) is 1. The van der Waals surface area contributed by atoms with E-state index in [0.717, 1.165) is 17.8 Å². The molecule has 0 aromatic heterocycles. The lowest BCUT2D eigenvalue weighted by Gasteiger charge is -2.21. The maximum Gasteiger partial charge on any atom is 0.115 e. The molecule has 0 heterocycles. The Balaban J connectivity index is 1.86. The molecule has 1 aromatic carbocycles. The zero-order chi connectivity index (χ0) is 9.54. The van der Waals surface area contributed by atoms with E-state index in [4.69, 9.17) is 0 Å². The second-order valence-electron chi connectivity index (χ2n) is 4.87. The maximum atomic E-state index is 9.23. The highest BCUT2D eigenvalue weighted by molar-refractivity contribution is 5.30. The average molecular weight is 188 g/mol. The van der Waals surface area contributed by atoms with Crippen LogP contribution in [0, 0.1) is 11.8 Å². The summed E-state index contributed by atoms with van der Waals surface area (Å²) >= 11 is 0. The summed E-state index contributed by atoms with van der Waals surface area (Å²) in [5.74, 6) is 3.11. The van der Waals surface area contributed by atoms with Gasteiger partial charge in [0.1, 0.15) is 5.75 Å². The second-order valence-corrected chi connectivity index (χ2v) is 4.87. The van der Waals surface area contributed by atoms with Crippen molar-refractivity contribution in [2.75, 3.05) is 0 Å². The molecule has 0 saturated heterocycles. The molecule has 1 N–H and O–H groups in total. The third-order valence-corrected chi connectivity index (χ3v) is 4.06. The number of aromatic hydroxyl groups is 1. The monoisotopic (exact) mass is 188 g/mol. The molecular weight excluding hydrogens is 172 g/mol. The van der Waals surface area contributed by atoms with Gasteiger partial charge in [0, 0.05) is 0 Å². The largest absolute Gasteiger partial charge is 0.508 e. The van der Waals surface area contributed by atoms with Crippen LogP contribution in [0.4, 0.5) is 0 Å². The molecule has 1 heteroatoms. The fourth-order valence-corrected chi connectivity index (χ4v) is 3.37. The lowest BCUT2D eigenvalue weighted by Crippen LogP contribution is -2.07. The Kier molecular flexibility index (Phi) is 1.79. The maximum absolute atomic E-state index is 9.23. The molecule has 2 aliphatic rings. The van der Waals surface area contributed by atoms with Gasteiger partial charge >= 0.3 is 0 Å². The predicted octanol–water partition coefficient (Wildman–Crippen LogP) is 3.30. The van der Waals surface area contributed by atoms with Crippen molar-refractivity contribution < 1.29 is 5.11 Å². The van der Waals surface area contributed by atoms with Crippen molar-refractivity contribution in [3.63, 3.8) is 0 Å². The Labute approximate surface area is 84.8 Å². The summed E-state index contributed by atoms with van der Waals surface area (Å²) in [6, 6.07) is 7.84. The van der Waals surface area contributed by atoms with Gasteiger partial charge in [0.15, 0.2) is 0 Å². The summed E-state index contributed by atoms with van der Waals surface area (Å²) in [6.07, 6.45) is 5.72. The molecule has 0 spiro atoms. The number of benzene rings is 1. The Hall–Kier alpha value is -0.980. The first-order chi connectivity index (χ1) is 6.83. The van der Waals surface area contributed by atoms with Gasteiger partial charge < -0.3 is 5.11 Å². The highest BCUT2D eigenvalue weighted by Gasteiger charge is 2.39. The molecule has 2 bridgehead atoms. The van der Waals surface area contributed by atoms with E-state index in [-0.39, 0.29) is 0 Å². The molecule has 3 atom stereocenters. The molecule has 0 radical (unpaired) electrons. The lowest BCUT2D eigenvalue weighted by molar-refractivity contribution is 0.419. The van der Waals surface area contributed by atoms with Crippen LogP contribution in [-0.2, 0) is 0 Å². The molecule has 2 saturated carbocycles. The van der Waals surface area contributed by atoms with Gasteiger partial charge in [0.2, 0.25) is 0 Å². The first-order valence-corrected chi connectivity index (χ1v) is 5.62. The molecule has 1 nitrogen and oxygen atoms in total. The van der Waals surface area contributed by atoms with Crippen molar-refractivity contribution in [3.8, 4) is 5.75 Å². The highest BCUT2D eigenvalue weighted by atomic mass is 16.3. The summed E-state index contributed by atoms with van der Waals surface area (Å²) < 4.78 is 0. The van der Waals surface area contributed by atoms with Crippen LogP contribution in [0.2, 0.25) is 0 Å². The highest BCUT2D eigenvalue weighted by Crippen LogP contribution is 2.52. The van der Waals surface area contributed by atoms with Gasteiger partial charge in [0.25, 0.3) is 0 Å². The normalized spacial score (nSPS) is 35.0. The molecule has 0 amide bonds. The van der Waals surface area contributed by atoms with Crippen LogP contribution in [0.3, 0.4) is 0 Å². The molecule has 74 valence electrons. The minimum atomic E-state index is 0.386. The summed E-state index contributed by atoms with van der Waals surface area (Å²) in [4.78, 5) is 0. The number of fused-ring (bicyclic) bond motifs is 2. The zero-order valence-corrected chi connectivity index (χ0v) is 8.32. The first kappa shape index (κ1) is 8.34. The fraction of sp³-hybridized carbons (Fsp3) is 0.538. The van der Waals surface area contributed by atoms with E-state index in [0.29, 0.717) is 5.75 Å². The Bertz CT molecular complexity index is 328. The lowest BCUT2D eigenvalue weighted by atomic mass is 9.83. The van der Waals surface area contributed by atoms with Crippen LogP contribution < -0.4 is 0 Å². The minimum absolute atomic E-state index is 0.386. The van der Waals surface area contributed by atoms with Crippen LogP contribution >= 0.6 is 0 Å². The molecular formula is C13H16O. The summed E-state index contributed by atoms with van der Waals surface area (Å²) in [5, 5.41) is 9.23. The standard InChI is InChI=1S/C13H16O/c14-12-5-3-10(4-6-12)13-8-9-1-2-11(13)7-9/h3-6,9,11,13-14H,1-2,7-8H2/t9-,11-,13-/m0/s1. The Morgan fingerprint density at radius 3 is 2.36 bits per heavy atom. The number of phenols is 1. The molecule has 0 aliphatic heterocycles. The molecule has 14 heavy (non-hydrogen) atoms. The third-order valence-electron chi connectivity index (χ3n) is 4.06. The first-order valence-electron chi connectivity index (χ1n) is 5.62. The smallest absolute Gasteiger partial charge is 0.115 e. The van der Waals surface area contributed by atoms with Crippen molar-refractivity contribution in [1.82, 2.24) is 0 Å². The summed E-state index contributed by atoms with van der Waals surface area (Å²) in [7, 11) is 0. The van der Waals surface area contributed by atoms with E-state index in [1.807, 2.05) is 12.1 Å². The van der Waals surface area contributed by atoms with Crippen LogP contribution in [0.15, 0.2) is 24.3 Å². The predicted molar refractivity (Wildman–Crippen MR) is 56.3 cm³/mol. The minimum Gasteiger partial charge on any atom is -0.508 e. The Morgan fingerprint density at radius 1 is 1.00 bits per heavy atom. The van der Waals surface area contributed by atoms with E-state index in [2.05, 4.69) is 12.1 Å². The average Bonchev–Trinajstić information content (AvgIpc) is 2.80. The van der Waals surface area contributed by atoms with E-state index in [1.54, 1.807) is 0 Å². The van der Waals surface area contributed by atoms with Gasteiger partial charge in [0.05, 0.1) is 0 Å². The van der Waals surface area contributed by atoms with Crippen LogP contribution in [-0.4, -0.2) is 5.11 Å². The van der Waals surface area contributed by atoms with Crippen molar-refractivity contribution in [1.29, 1.82) is 0 Å². The van der Waals surface area contributed by atoms with Gasteiger partial charge in [-0.2, -0.15) is 0 Å². The van der Waals surface area contributed by atoms with Crippen LogP contribution in [0.1, 0.15) is 37.2 Å². The van der Waals surface area contributed by atoms with E-state index < -0.39 is 0 Å². The molecule has 3 rings (SSSR count). The van der Waals surface area contributed by atoms with Crippen molar-refractivity contribution in [2.24, 2.45) is 11.8 Å². The van der Waals surface area contributed by atoms with Gasteiger partial charge in [-0.05, 0) is 54.7 Å². The van der Waals surface area contributed by atoms with Crippen molar-refractivity contribution >= 4 is 0 Å². The van der Waals surface area contributed by atoms with Gasteiger partial charge in [-0.15, -0.1) is 0 Å². The van der Waals surface area contributed by atoms with Crippen LogP contribution in [0.5, 0.6) is 5.75 Å². The van der Waals surface area contributed by atoms with Crippen LogP contribution in [0.25, 0.3) is 0 Å². The van der Waals surface area contributed by atoms with Gasteiger partial charge in [-0.25, -0.2) is 0 Å². The summed E-state index contributed by atoms with van der Waals surface area (Å²) in [6.45, 7) is 0. The number of phenolic OH excluding ortho intramolecular Hbond substituents is 1. The van der Waals surface area contributed by atoms with E-state index in [1.165, 1.54) is 31.2 Å². The van der Waals surface area contributed by atoms with E-state index in [9.17, 15) is 5.11 Å². The Morgan fingerprint density at radius 2 is 1.79 bits per heavy atom. The third kappa shape index (κ3) is 1.23. The van der Waals surface area contributed by atoms with Gasteiger partial charge in [-0.3, -0.25) is 0 Å². The topological polar surface area (TPSA) is 20.2 Å². The zero-order valence-electron chi connectivity index (χ0n) is 8.32. The molecule has 0 unspecified atom stereocenters. The van der Waals surface area contributed by atoms with Crippen molar-refractivity contribution in [3.05, 3.63) is 29.8 Å². The number of rotatable bonds is 1. The fourth-order valence-electron chi connectivity index (χ4n) is 3.37. The second kappa shape index (κ2) is 3.01. The van der Waals surface area contributed by atoms with E-state index >= 15 is 0 Å². The van der Waals surface area contributed by atoms with Gasteiger partial charge in [-0.1, -0.05) is 18.6 Å². The quantitative estimate of drug-likeness (QED) is 0.717. The SMILES string of the molecule is Oc1ccc([C@@H]2C[C@H]3CC[C@H]2C3)cc1. The van der Waals surface area contributed by atoms with Crippen molar-refractivity contribution in [2.45, 2.75) is 31.6 Å². The summed E-state index contributed by atoms with van der Waals surface area (Å²) in [5.41, 5.74) is 1.44. The number of hydrogen-bond donors (Lipinski definition) is 1.